The number of hydrogen-bond donors (Lipinski definition) is 0. The zero-order valence-corrected chi connectivity index (χ0v) is 12.4. The standard InChI is InChI=1S/C15H11NO5S/c1-2-9-3-6-13-12(7-9)15(17)11-5-4-10(16(18)19)8-14(11)22(13,20)21/h3-8H,2H2,1H3. The van der Waals surface area contributed by atoms with Gasteiger partial charge in [-0.05, 0) is 30.2 Å². The Kier molecular flexibility index (Phi) is 3.10. The van der Waals surface area contributed by atoms with Gasteiger partial charge in [0.05, 0.1) is 14.7 Å². The zero-order chi connectivity index (χ0) is 16.1. The molecule has 0 bridgehead atoms. The lowest BCUT2D eigenvalue weighted by atomic mass is 9.99. The Morgan fingerprint density at radius 1 is 1.05 bits per heavy atom. The van der Waals surface area contributed by atoms with Gasteiger partial charge in [-0.25, -0.2) is 8.42 Å². The Morgan fingerprint density at radius 3 is 2.41 bits per heavy atom. The van der Waals surface area contributed by atoms with Crippen LogP contribution in [0.25, 0.3) is 0 Å². The lowest BCUT2D eigenvalue weighted by Crippen LogP contribution is -2.20. The number of carbonyl (C=O) groups is 1. The average molecular weight is 317 g/mol. The number of non-ortho nitro benzene ring substituents is 1. The van der Waals surface area contributed by atoms with E-state index in [0.29, 0.717) is 6.42 Å². The van der Waals surface area contributed by atoms with Crippen molar-refractivity contribution in [2.75, 3.05) is 0 Å². The third kappa shape index (κ3) is 1.93. The molecule has 0 saturated carbocycles. The van der Waals surface area contributed by atoms with Crippen LogP contribution in [0.3, 0.4) is 0 Å². The van der Waals surface area contributed by atoms with Crippen molar-refractivity contribution in [2.24, 2.45) is 0 Å². The summed E-state index contributed by atoms with van der Waals surface area (Å²) >= 11 is 0. The highest BCUT2D eigenvalue weighted by Crippen LogP contribution is 2.36. The van der Waals surface area contributed by atoms with Crippen LogP contribution < -0.4 is 0 Å². The number of hydrogen-bond acceptors (Lipinski definition) is 5. The van der Waals surface area contributed by atoms with Gasteiger partial charge in [-0.3, -0.25) is 14.9 Å². The van der Waals surface area contributed by atoms with E-state index in [1.807, 2.05) is 6.92 Å². The number of carbonyl (C=O) groups excluding carboxylic acids is 1. The summed E-state index contributed by atoms with van der Waals surface area (Å²) in [6.07, 6.45) is 0.674. The Labute approximate surface area is 126 Å². The summed E-state index contributed by atoms with van der Waals surface area (Å²) < 4.78 is 25.3. The quantitative estimate of drug-likeness (QED) is 0.534. The van der Waals surface area contributed by atoms with Gasteiger partial charge in [0.25, 0.3) is 5.69 Å². The van der Waals surface area contributed by atoms with E-state index in [1.165, 1.54) is 12.1 Å². The van der Waals surface area contributed by atoms with E-state index in [9.17, 15) is 23.3 Å². The molecule has 3 rings (SSSR count). The van der Waals surface area contributed by atoms with Crippen LogP contribution in [0.2, 0.25) is 0 Å². The van der Waals surface area contributed by atoms with Crippen LogP contribution in [0, 0.1) is 10.1 Å². The maximum Gasteiger partial charge on any atom is 0.270 e. The van der Waals surface area contributed by atoms with Crippen LogP contribution in [0.1, 0.15) is 28.4 Å². The largest absolute Gasteiger partial charge is 0.289 e. The third-order valence-electron chi connectivity index (χ3n) is 3.70. The minimum atomic E-state index is -3.94. The van der Waals surface area contributed by atoms with Gasteiger partial charge in [-0.2, -0.15) is 0 Å². The second-order valence-electron chi connectivity index (χ2n) is 4.95. The van der Waals surface area contributed by atoms with E-state index >= 15 is 0 Å². The maximum absolute atomic E-state index is 12.6. The molecule has 0 unspecified atom stereocenters. The lowest BCUT2D eigenvalue weighted by molar-refractivity contribution is -0.385. The smallest absolute Gasteiger partial charge is 0.270 e. The molecular formula is C15H11NO5S. The van der Waals surface area contributed by atoms with Gasteiger partial charge in [0.15, 0.2) is 5.78 Å². The number of nitrogens with zero attached hydrogens (tertiary/aromatic N) is 1. The van der Waals surface area contributed by atoms with Crippen molar-refractivity contribution in [3.63, 3.8) is 0 Å². The molecule has 1 heterocycles. The SMILES string of the molecule is CCc1ccc2c(c1)C(=O)c1ccc([N+](=O)[O-])cc1S2(=O)=O. The minimum Gasteiger partial charge on any atom is -0.289 e. The van der Waals surface area contributed by atoms with Gasteiger partial charge in [0.1, 0.15) is 0 Å². The number of benzene rings is 2. The first-order chi connectivity index (χ1) is 10.4. The van der Waals surface area contributed by atoms with E-state index in [1.54, 1.807) is 12.1 Å². The molecular weight excluding hydrogens is 306 g/mol. The summed E-state index contributed by atoms with van der Waals surface area (Å²) in [5, 5.41) is 10.8. The van der Waals surface area contributed by atoms with Gasteiger partial charge in [-0.1, -0.05) is 13.0 Å². The second-order valence-corrected chi connectivity index (χ2v) is 6.84. The lowest BCUT2D eigenvalue weighted by Gasteiger charge is -2.19. The third-order valence-corrected chi connectivity index (χ3v) is 5.55. The first-order valence-corrected chi connectivity index (χ1v) is 8.05. The predicted octanol–water partition coefficient (Wildman–Crippen LogP) is 2.53. The van der Waals surface area contributed by atoms with Crippen molar-refractivity contribution >= 4 is 21.3 Å². The Balaban J connectivity index is 2.33. The number of rotatable bonds is 2. The van der Waals surface area contributed by atoms with Crippen LogP contribution in [0.15, 0.2) is 46.2 Å². The van der Waals surface area contributed by atoms with Crippen molar-refractivity contribution in [2.45, 2.75) is 23.1 Å². The summed E-state index contributed by atoms with van der Waals surface area (Å²) in [4.78, 5) is 22.3. The van der Waals surface area contributed by atoms with E-state index in [2.05, 4.69) is 0 Å². The van der Waals surface area contributed by atoms with E-state index in [4.69, 9.17) is 0 Å². The number of fused-ring (bicyclic) bond motifs is 2. The van der Waals surface area contributed by atoms with E-state index in [-0.39, 0.29) is 26.6 Å². The van der Waals surface area contributed by atoms with Gasteiger partial charge in [0, 0.05) is 23.3 Å². The monoisotopic (exact) mass is 317 g/mol. The van der Waals surface area contributed by atoms with Crippen LogP contribution in [0.5, 0.6) is 0 Å². The fourth-order valence-corrected chi connectivity index (χ4v) is 4.16. The average Bonchev–Trinajstić information content (AvgIpc) is 2.51. The molecule has 0 atom stereocenters. The van der Waals surface area contributed by atoms with Crippen molar-refractivity contribution in [3.05, 3.63) is 63.2 Å². The molecule has 22 heavy (non-hydrogen) atoms. The molecule has 2 aromatic carbocycles. The van der Waals surface area contributed by atoms with Crippen molar-refractivity contribution in [3.8, 4) is 0 Å². The highest BCUT2D eigenvalue weighted by molar-refractivity contribution is 7.91. The predicted molar refractivity (Wildman–Crippen MR) is 77.8 cm³/mol. The summed E-state index contributed by atoms with van der Waals surface area (Å²) in [6, 6.07) is 7.89. The van der Waals surface area contributed by atoms with Crippen LogP contribution in [-0.4, -0.2) is 19.1 Å². The molecule has 0 radical (unpaired) electrons. The van der Waals surface area contributed by atoms with E-state index < -0.39 is 20.5 Å². The van der Waals surface area contributed by atoms with Gasteiger partial charge >= 0.3 is 0 Å². The van der Waals surface area contributed by atoms with Gasteiger partial charge in [0.2, 0.25) is 9.84 Å². The van der Waals surface area contributed by atoms with Gasteiger partial charge < -0.3 is 0 Å². The topological polar surface area (TPSA) is 94.3 Å². The van der Waals surface area contributed by atoms with Crippen molar-refractivity contribution in [1.29, 1.82) is 0 Å². The van der Waals surface area contributed by atoms with Gasteiger partial charge in [-0.15, -0.1) is 0 Å². The van der Waals surface area contributed by atoms with E-state index in [0.717, 1.165) is 17.7 Å². The first kappa shape index (κ1) is 14.4. The molecule has 7 heteroatoms. The highest BCUT2D eigenvalue weighted by atomic mass is 32.2. The maximum atomic E-state index is 12.6. The normalized spacial score (nSPS) is 15.0. The number of ketones is 1. The van der Waals surface area contributed by atoms with Crippen molar-refractivity contribution in [1.82, 2.24) is 0 Å². The molecule has 0 spiro atoms. The second kappa shape index (κ2) is 4.74. The Hall–Kier alpha value is -2.54. The molecule has 0 N–H and O–H groups in total. The summed E-state index contributed by atoms with van der Waals surface area (Å²) in [5.74, 6) is -0.426. The molecule has 0 fully saturated rings. The number of sulfone groups is 1. The Bertz CT molecular complexity index is 931. The van der Waals surface area contributed by atoms with Crippen LogP contribution in [0.4, 0.5) is 5.69 Å². The summed E-state index contributed by atoms with van der Waals surface area (Å²) in [6.45, 7) is 1.90. The molecule has 2 aromatic rings. The summed E-state index contributed by atoms with van der Waals surface area (Å²) in [7, 11) is -3.94. The van der Waals surface area contributed by atoms with Crippen LogP contribution >= 0.6 is 0 Å². The number of aryl methyl sites for hydroxylation is 1. The molecule has 0 aromatic heterocycles. The fourth-order valence-electron chi connectivity index (χ4n) is 2.51. The number of nitro benzene ring substituents is 1. The highest BCUT2D eigenvalue weighted by Gasteiger charge is 2.36. The Morgan fingerprint density at radius 2 is 1.77 bits per heavy atom. The van der Waals surface area contributed by atoms with Crippen LogP contribution in [-0.2, 0) is 16.3 Å². The summed E-state index contributed by atoms with van der Waals surface area (Å²) in [5.41, 5.74) is 0.600. The molecule has 112 valence electrons. The molecule has 1 aliphatic rings. The molecule has 0 amide bonds. The van der Waals surface area contributed by atoms with Crippen molar-refractivity contribution < 1.29 is 18.1 Å². The first-order valence-electron chi connectivity index (χ1n) is 6.57. The fraction of sp³-hybridized carbons (Fsp3) is 0.133. The molecule has 0 saturated heterocycles. The molecule has 6 nitrogen and oxygen atoms in total. The minimum absolute atomic E-state index is 0.0219. The molecule has 0 aliphatic carbocycles. The zero-order valence-electron chi connectivity index (χ0n) is 11.6. The molecule has 1 aliphatic heterocycles. The number of nitro groups is 1.